The number of aryl methyl sites for hydroxylation is 2. The summed E-state index contributed by atoms with van der Waals surface area (Å²) in [6, 6.07) is 0. The van der Waals surface area contributed by atoms with Crippen LogP contribution in [0.1, 0.15) is 50.0 Å². The lowest BCUT2D eigenvalue weighted by Crippen LogP contribution is -2.42. The van der Waals surface area contributed by atoms with E-state index >= 15 is 0 Å². The van der Waals surface area contributed by atoms with Gasteiger partial charge in [-0.15, -0.1) is 11.3 Å². The molecular formula is C24H35N5O3S. The third kappa shape index (κ3) is 6.00. The van der Waals surface area contributed by atoms with Crippen molar-refractivity contribution in [3.8, 4) is 0 Å². The summed E-state index contributed by atoms with van der Waals surface area (Å²) >= 11 is 1.59. The maximum atomic E-state index is 12.9. The monoisotopic (exact) mass is 473 g/mol. The van der Waals surface area contributed by atoms with Crippen LogP contribution in [-0.4, -0.2) is 59.0 Å². The summed E-state index contributed by atoms with van der Waals surface area (Å²) in [4.78, 5) is 46.3. The summed E-state index contributed by atoms with van der Waals surface area (Å²) in [6.45, 7) is 8.20. The van der Waals surface area contributed by atoms with E-state index in [-0.39, 0.29) is 30.5 Å². The van der Waals surface area contributed by atoms with Crippen molar-refractivity contribution in [1.29, 1.82) is 0 Å². The summed E-state index contributed by atoms with van der Waals surface area (Å²) in [5.41, 5.74) is 0.946. The zero-order valence-corrected chi connectivity index (χ0v) is 20.5. The first kappa shape index (κ1) is 23.9. The van der Waals surface area contributed by atoms with Crippen LogP contribution in [0.2, 0.25) is 0 Å². The van der Waals surface area contributed by atoms with Crippen molar-refractivity contribution in [2.24, 2.45) is 11.8 Å². The highest BCUT2D eigenvalue weighted by Gasteiger charge is 2.22. The first-order valence-electron chi connectivity index (χ1n) is 12.2. The van der Waals surface area contributed by atoms with Gasteiger partial charge in [0.25, 0.3) is 5.56 Å². The topological polar surface area (TPSA) is 96.3 Å². The van der Waals surface area contributed by atoms with Crippen LogP contribution in [0.15, 0.2) is 11.1 Å². The van der Waals surface area contributed by atoms with E-state index in [1.54, 1.807) is 11.3 Å². The number of amides is 2. The molecule has 1 aliphatic carbocycles. The van der Waals surface area contributed by atoms with Gasteiger partial charge >= 0.3 is 0 Å². The van der Waals surface area contributed by atoms with E-state index in [1.165, 1.54) is 22.2 Å². The fraction of sp³-hybridized carbons (Fsp3) is 0.667. The average Bonchev–Trinajstić information content (AvgIpc) is 3.16. The lowest BCUT2D eigenvalue weighted by atomic mass is 9.92. The molecule has 2 aliphatic rings. The lowest BCUT2D eigenvalue weighted by Gasteiger charge is -2.34. The molecule has 2 aromatic rings. The number of hydrogen-bond acceptors (Lipinski definition) is 6. The van der Waals surface area contributed by atoms with E-state index in [0.717, 1.165) is 74.0 Å². The second-order valence-corrected chi connectivity index (χ2v) is 10.8. The van der Waals surface area contributed by atoms with E-state index in [9.17, 15) is 14.4 Å². The van der Waals surface area contributed by atoms with E-state index < -0.39 is 0 Å². The third-order valence-corrected chi connectivity index (χ3v) is 7.82. The molecular weight excluding hydrogens is 438 g/mol. The predicted molar refractivity (Wildman–Crippen MR) is 131 cm³/mol. The van der Waals surface area contributed by atoms with Crippen LogP contribution in [-0.2, 0) is 29.0 Å². The van der Waals surface area contributed by atoms with Crippen LogP contribution >= 0.6 is 11.3 Å². The average molecular weight is 474 g/mol. The number of hydrogen-bond donors (Lipinski definition) is 2. The van der Waals surface area contributed by atoms with Gasteiger partial charge in [0, 0.05) is 24.5 Å². The highest BCUT2D eigenvalue weighted by Crippen LogP contribution is 2.33. The maximum absolute atomic E-state index is 12.9. The highest BCUT2D eigenvalue weighted by atomic mass is 32.1. The number of nitrogens with one attached hydrogen (secondary N) is 2. The Bertz CT molecular complexity index is 1050. The van der Waals surface area contributed by atoms with Crippen LogP contribution in [0.3, 0.4) is 0 Å². The zero-order valence-electron chi connectivity index (χ0n) is 19.7. The van der Waals surface area contributed by atoms with Crippen molar-refractivity contribution in [1.82, 2.24) is 25.1 Å². The molecule has 2 N–H and O–H groups in total. The summed E-state index contributed by atoms with van der Waals surface area (Å²) in [7, 11) is 0. The van der Waals surface area contributed by atoms with E-state index in [1.807, 2.05) is 0 Å². The number of likely N-dealkylation sites (tertiary alicyclic amines) is 1. The molecule has 8 nitrogen and oxygen atoms in total. The van der Waals surface area contributed by atoms with Gasteiger partial charge in [-0.1, -0.05) is 13.8 Å². The molecule has 4 rings (SSSR count). The summed E-state index contributed by atoms with van der Waals surface area (Å²) in [5, 5.41) is 6.16. The first-order chi connectivity index (χ1) is 15.9. The smallest absolute Gasteiger partial charge is 0.262 e. The molecule has 0 radical (unpaired) electrons. The maximum Gasteiger partial charge on any atom is 0.262 e. The van der Waals surface area contributed by atoms with Crippen LogP contribution in [0.4, 0.5) is 0 Å². The van der Waals surface area contributed by atoms with Gasteiger partial charge in [-0.2, -0.15) is 0 Å². The van der Waals surface area contributed by atoms with Crippen molar-refractivity contribution >= 4 is 33.4 Å². The molecule has 0 spiro atoms. The van der Waals surface area contributed by atoms with Gasteiger partial charge in [0.15, 0.2) is 0 Å². The second-order valence-electron chi connectivity index (χ2n) is 9.75. The molecule has 2 atom stereocenters. The van der Waals surface area contributed by atoms with Gasteiger partial charge < -0.3 is 15.5 Å². The standard InChI is InChI=1S/C24H35N5O3S/c1-16-10-17(2)13-28(12-16)9-5-8-25-20(30)11-26-21(31)14-29-15-27-23-22(24(29)32)18-6-3-4-7-19(18)33-23/h15-17H,3-14H2,1-2H3,(H,25,30)(H,26,31). The molecule has 2 amide bonds. The van der Waals surface area contributed by atoms with Gasteiger partial charge in [0.1, 0.15) is 11.4 Å². The number of nitrogens with zero attached hydrogens (tertiary/aromatic N) is 3. The van der Waals surface area contributed by atoms with Crippen LogP contribution in [0.25, 0.3) is 10.2 Å². The van der Waals surface area contributed by atoms with Crippen LogP contribution < -0.4 is 16.2 Å². The van der Waals surface area contributed by atoms with E-state index in [0.29, 0.717) is 11.9 Å². The zero-order chi connectivity index (χ0) is 23.4. The molecule has 33 heavy (non-hydrogen) atoms. The number of carbonyl (C=O) groups is 2. The van der Waals surface area contributed by atoms with Crippen molar-refractivity contribution in [2.45, 2.75) is 58.9 Å². The Kier molecular flexibility index (Phi) is 7.80. The Labute approximate surface area is 198 Å². The van der Waals surface area contributed by atoms with Gasteiger partial charge in [-0.25, -0.2) is 4.98 Å². The Morgan fingerprint density at radius 3 is 2.67 bits per heavy atom. The second kappa shape index (κ2) is 10.8. The van der Waals surface area contributed by atoms with Crippen LogP contribution in [0, 0.1) is 11.8 Å². The van der Waals surface area contributed by atoms with E-state index in [4.69, 9.17) is 0 Å². The molecule has 3 heterocycles. The first-order valence-corrected chi connectivity index (χ1v) is 13.0. The minimum absolute atomic E-state index is 0.0884. The molecule has 0 aromatic carbocycles. The number of aromatic nitrogens is 2. The van der Waals surface area contributed by atoms with E-state index in [2.05, 4.69) is 34.4 Å². The Hall–Kier alpha value is -2.26. The van der Waals surface area contributed by atoms with Gasteiger partial charge in [-0.3, -0.25) is 19.0 Å². The molecule has 1 saturated heterocycles. The fourth-order valence-electron chi connectivity index (χ4n) is 5.25. The van der Waals surface area contributed by atoms with Crippen molar-refractivity contribution in [3.05, 3.63) is 27.1 Å². The van der Waals surface area contributed by atoms with Crippen molar-refractivity contribution in [2.75, 3.05) is 32.7 Å². The molecule has 2 aromatic heterocycles. The molecule has 180 valence electrons. The molecule has 0 bridgehead atoms. The molecule has 2 unspecified atom stereocenters. The fourth-order valence-corrected chi connectivity index (χ4v) is 6.47. The molecule has 1 aliphatic heterocycles. The van der Waals surface area contributed by atoms with Crippen molar-refractivity contribution < 1.29 is 9.59 Å². The largest absolute Gasteiger partial charge is 0.355 e. The number of carbonyl (C=O) groups excluding carboxylic acids is 2. The molecule has 9 heteroatoms. The van der Waals surface area contributed by atoms with Gasteiger partial charge in [0.05, 0.1) is 18.3 Å². The quantitative estimate of drug-likeness (QED) is 0.571. The molecule has 1 fully saturated rings. The summed E-state index contributed by atoms with van der Waals surface area (Å²) in [5.74, 6) is 0.879. The number of rotatable bonds is 8. The van der Waals surface area contributed by atoms with Gasteiger partial charge in [-0.05, 0) is 62.5 Å². The molecule has 0 saturated carbocycles. The Morgan fingerprint density at radius 1 is 1.12 bits per heavy atom. The normalized spacial score (nSPS) is 21.0. The van der Waals surface area contributed by atoms with Gasteiger partial charge in [0.2, 0.25) is 11.8 Å². The number of thiophene rings is 1. The highest BCUT2D eigenvalue weighted by molar-refractivity contribution is 7.18. The third-order valence-electron chi connectivity index (χ3n) is 6.62. The summed E-state index contributed by atoms with van der Waals surface area (Å²) < 4.78 is 1.35. The van der Waals surface area contributed by atoms with Crippen LogP contribution in [0.5, 0.6) is 0 Å². The lowest BCUT2D eigenvalue weighted by molar-refractivity contribution is -0.126. The Morgan fingerprint density at radius 2 is 1.88 bits per heavy atom. The minimum atomic E-state index is -0.367. The number of fused-ring (bicyclic) bond motifs is 3. The summed E-state index contributed by atoms with van der Waals surface area (Å²) in [6.07, 6.45) is 7.76. The minimum Gasteiger partial charge on any atom is -0.355 e. The SMILES string of the molecule is CC1CC(C)CN(CCCNC(=O)CNC(=O)Cn2cnc3sc4c(c3c2=O)CCCC4)C1. The number of piperidine rings is 1. The Balaban J connectivity index is 1.21. The van der Waals surface area contributed by atoms with Crippen molar-refractivity contribution in [3.63, 3.8) is 0 Å². The predicted octanol–water partition coefficient (Wildman–Crippen LogP) is 1.94.